The summed E-state index contributed by atoms with van der Waals surface area (Å²) in [5.41, 5.74) is 2.35. The number of para-hydroxylation sites is 2. The first kappa shape index (κ1) is 19.1. The highest BCUT2D eigenvalue weighted by Gasteiger charge is 2.40. The van der Waals surface area contributed by atoms with Gasteiger partial charge in [-0.05, 0) is 30.7 Å². The number of rotatable bonds is 8. The fourth-order valence-corrected chi connectivity index (χ4v) is 5.10. The van der Waals surface area contributed by atoms with Crippen molar-refractivity contribution >= 4 is 11.8 Å². The monoisotopic (exact) mass is 374 g/mol. The molecule has 0 radical (unpaired) electrons. The van der Waals surface area contributed by atoms with E-state index in [-0.39, 0.29) is 18.3 Å². The van der Waals surface area contributed by atoms with Gasteiger partial charge < -0.3 is 18.9 Å². The van der Waals surface area contributed by atoms with Crippen LogP contribution in [0.2, 0.25) is 0 Å². The van der Waals surface area contributed by atoms with E-state index in [0.717, 1.165) is 23.7 Å². The largest absolute Gasteiger partial charge is 0.467 e. The van der Waals surface area contributed by atoms with Crippen LogP contribution < -0.4 is 9.47 Å². The molecular formula is C21H26O4S. The molecule has 5 heteroatoms. The number of benzene rings is 2. The lowest BCUT2D eigenvalue weighted by molar-refractivity contribution is 0.0490. The van der Waals surface area contributed by atoms with Crippen LogP contribution in [-0.4, -0.2) is 33.6 Å². The lowest BCUT2D eigenvalue weighted by Crippen LogP contribution is -2.29. The SMILES string of the molecule is COCOc1ccccc1C1(c2ccccc2OCOC)CCCCS1. The van der Waals surface area contributed by atoms with Crippen LogP contribution in [0.5, 0.6) is 11.5 Å². The van der Waals surface area contributed by atoms with E-state index in [1.54, 1.807) is 14.2 Å². The number of hydrogen-bond donors (Lipinski definition) is 0. The van der Waals surface area contributed by atoms with Gasteiger partial charge in [0.15, 0.2) is 13.6 Å². The van der Waals surface area contributed by atoms with Crippen molar-refractivity contribution in [2.45, 2.75) is 24.0 Å². The maximum Gasteiger partial charge on any atom is 0.188 e. The molecule has 0 spiro atoms. The predicted molar refractivity (Wildman–Crippen MR) is 105 cm³/mol. The second kappa shape index (κ2) is 9.31. The lowest BCUT2D eigenvalue weighted by Gasteiger charge is -2.39. The quantitative estimate of drug-likeness (QED) is 0.620. The Kier molecular flexibility index (Phi) is 6.83. The van der Waals surface area contributed by atoms with Crippen molar-refractivity contribution in [3.8, 4) is 11.5 Å². The highest BCUT2D eigenvalue weighted by atomic mass is 32.2. The van der Waals surface area contributed by atoms with Gasteiger partial charge in [-0.15, -0.1) is 11.8 Å². The van der Waals surface area contributed by atoms with Gasteiger partial charge in [0.25, 0.3) is 0 Å². The fraction of sp³-hybridized carbons (Fsp3) is 0.429. The van der Waals surface area contributed by atoms with E-state index in [2.05, 4.69) is 24.3 Å². The Morgan fingerprint density at radius 2 is 1.35 bits per heavy atom. The molecule has 1 saturated heterocycles. The van der Waals surface area contributed by atoms with Gasteiger partial charge in [0, 0.05) is 25.3 Å². The predicted octanol–water partition coefficient (Wildman–Crippen LogP) is 4.81. The summed E-state index contributed by atoms with van der Waals surface area (Å²) >= 11 is 1.97. The van der Waals surface area contributed by atoms with Gasteiger partial charge in [-0.25, -0.2) is 0 Å². The fourth-order valence-electron chi connectivity index (χ4n) is 3.46. The maximum atomic E-state index is 5.91. The van der Waals surface area contributed by atoms with E-state index in [1.165, 1.54) is 24.0 Å². The van der Waals surface area contributed by atoms with Crippen molar-refractivity contribution in [1.82, 2.24) is 0 Å². The second-order valence-electron chi connectivity index (χ2n) is 6.23. The molecule has 140 valence electrons. The molecule has 0 atom stereocenters. The standard InChI is InChI=1S/C21H26O4S/c1-22-15-24-19-11-5-3-9-17(19)21(13-7-8-14-26-21)18-10-4-6-12-20(18)25-16-23-2/h3-6,9-12H,7-8,13-16H2,1-2H3. The Morgan fingerprint density at radius 1 is 0.808 bits per heavy atom. The lowest BCUT2D eigenvalue weighted by atomic mass is 9.84. The first-order chi connectivity index (χ1) is 12.8. The molecule has 0 bridgehead atoms. The minimum Gasteiger partial charge on any atom is -0.467 e. The zero-order valence-corrected chi connectivity index (χ0v) is 16.2. The summed E-state index contributed by atoms with van der Waals surface area (Å²) in [7, 11) is 3.28. The summed E-state index contributed by atoms with van der Waals surface area (Å²) < 4.78 is 21.9. The van der Waals surface area contributed by atoms with Gasteiger partial charge in [0.1, 0.15) is 11.5 Å². The smallest absolute Gasteiger partial charge is 0.188 e. The molecule has 0 unspecified atom stereocenters. The minimum atomic E-state index is -0.201. The summed E-state index contributed by atoms with van der Waals surface area (Å²) in [6, 6.07) is 16.5. The first-order valence-electron chi connectivity index (χ1n) is 8.88. The zero-order chi connectivity index (χ0) is 18.2. The van der Waals surface area contributed by atoms with Gasteiger partial charge in [0.05, 0.1) is 4.75 Å². The number of methoxy groups -OCH3 is 2. The molecule has 1 heterocycles. The van der Waals surface area contributed by atoms with Gasteiger partial charge in [-0.3, -0.25) is 0 Å². The molecule has 0 N–H and O–H groups in total. The number of thioether (sulfide) groups is 1. The molecule has 1 aliphatic heterocycles. The van der Waals surface area contributed by atoms with Crippen LogP contribution in [0.15, 0.2) is 48.5 Å². The summed E-state index contributed by atoms with van der Waals surface area (Å²) in [4.78, 5) is 0. The number of ether oxygens (including phenoxy) is 4. The van der Waals surface area contributed by atoms with Crippen LogP contribution in [0.4, 0.5) is 0 Å². The highest BCUT2D eigenvalue weighted by molar-refractivity contribution is 8.00. The molecule has 1 aliphatic rings. The van der Waals surface area contributed by atoms with Crippen molar-refractivity contribution < 1.29 is 18.9 Å². The van der Waals surface area contributed by atoms with E-state index >= 15 is 0 Å². The van der Waals surface area contributed by atoms with Crippen LogP contribution >= 0.6 is 11.8 Å². The van der Waals surface area contributed by atoms with Crippen molar-refractivity contribution in [3.63, 3.8) is 0 Å². The topological polar surface area (TPSA) is 36.9 Å². The minimum absolute atomic E-state index is 0.201. The van der Waals surface area contributed by atoms with Gasteiger partial charge in [0.2, 0.25) is 0 Å². The molecule has 0 saturated carbocycles. The average Bonchev–Trinajstić information content (AvgIpc) is 2.71. The Balaban J connectivity index is 2.09. The van der Waals surface area contributed by atoms with Crippen LogP contribution in [-0.2, 0) is 14.2 Å². The molecule has 2 aromatic carbocycles. The zero-order valence-electron chi connectivity index (χ0n) is 15.4. The van der Waals surface area contributed by atoms with Gasteiger partial charge in [-0.1, -0.05) is 42.8 Å². The van der Waals surface area contributed by atoms with Crippen molar-refractivity contribution in [2.75, 3.05) is 33.6 Å². The Morgan fingerprint density at radius 3 is 1.81 bits per heavy atom. The molecule has 0 aromatic heterocycles. The Bertz CT molecular complexity index is 644. The maximum absolute atomic E-state index is 5.91. The Hall–Kier alpha value is -1.69. The summed E-state index contributed by atoms with van der Waals surface area (Å²) in [5, 5.41) is 0. The highest BCUT2D eigenvalue weighted by Crippen LogP contribution is 2.54. The van der Waals surface area contributed by atoms with Crippen molar-refractivity contribution in [1.29, 1.82) is 0 Å². The molecule has 4 nitrogen and oxygen atoms in total. The molecule has 1 fully saturated rings. The second-order valence-corrected chi connectivity index (χ2v) is 7.62. The Labute approximate surface area is 159 Å². The molecule has 26 heavy (non-hydrogen) atoms. The summed E-state index contributed by atoms with van der Waals surface area (Å²) in [6.07, 6.45) is 3.44. The van der Waals surface area contributed by atoms with Crippen LogP contribution in [0.25, 0.3) is 0 Å². The molecule has 0 amide bonds. The van der Waals surface area contributed by atoms with Crippen molar-refractivity contribution in [2.24, 2.45) is 0 Å². The summed E-state index contributed by atoms with van der Waals surface area (Å²) in [5.74, 6) is 2.84. The van der Waals surface area contributed by atoms with E-state index < -0.39 is 0 Å². The molecule has 3 rings (SSSR count). The van der Waals surface area contributed by atoms with E-state index in [9.17, 15) is 0 Å². The average molecular weight is 375 g/mol. The third-order valence-corrected chi connectivity index (χ3v) is 6.21. The van der Waals surface area contributed by atoms with Crippen molar-refractivity contribution in [3.05, 3.63) is 59.7 Å². The number of hydrogen-bond acceptors (Lipinski definition) is 5. The third kappa shape index (κ3) is 4.00. The molecular weight excluding hydrogens is 348 g/mol. The normalized spacial score (nSPS) is 16.2. The molecule has 0 aliphatic carbocycles. The van der Waals surface area contributed by atoms with Crippen LogP contribution in [0.3, 0.4) is 0 Å². The molecule has 2 aromatic rings. The third-order valence-electron chi connectivity index (χ3n) is 4.58. The summed E-state index contributed by atoms with van der Waals surface area (Å²) in [6.45, 7) is 0.471. The van der Waals surface area contributed by atoms with Crippen LogP contribution in [0.1, 0.15) is 30.4 Å². The van der Waals surface area contributed by atoms with Crippen LogP contribution in [0, 0.1) is 0 Å². The first-order valence-corrected chi connectivity index (χ1v) is 9.87. The van der Waals surface area contributed by atoms with E-state index in [4.69, 9.17) is 18.9 Å². The van der Waals surface area contributed by atoms with Gasteiger partial charge >= 0.3 is 0 Å². The van der Waals surface area contributed by atoms with Gasteiger partial charge in [-0.2, -0.15) is 0 Å². The van der Waals surface area contributed by atoms with E-state index in [0.29, 0.717) is 0 Å². The van der Waals surface area contributed by atoms with E-state index in [1.807, 2.05) is 36.0 Å².